The molecule has 0 spiro atoms. The minimum absolute atomic E-state index is 0.0957. The van der Waals surface area contributed by atoms with Gasteiger partial charge in [-0.25, -0.2) is 9.37 Å². The molecule has 2 amide bonds. The predicted octanol–water partition coefficient (Wildman–Crippen LogP) is 3.46. The maximum Gasteiger partial charge on any atom is 0.261 e. The number of anilines is 1. The van der Waals surface area contributed by atoms with Crippen molar-refractivity contribution >= 4 is 29.2 Å². The van der Waals surface area contributed by atoms with Crippen LogP contribution in [0.5, 0.6) is 5.75 Å². The van der Waals surface area contributed by atoms with Crippen molar-refractivity contribution < 1.29 is 23.5 Å². The van der Waals surface area contributed by atoms with Gasteiger partial charge in [-0.15, -0.1) is 0 Å². The van der Waals surface area contributed by atoms with Gasteiger partial charge in [-0.3, -0.25) is 14.5 Å². The number of aromatic nitrogens is 1. The van der Waals surface area contributed by atoms with Crippen LogP contribution in [0.15, 0.2) is 36.9 Å². The van der Waals surface area contributed by atoms with Crippen molar-refractivity contribution in [2.24, 2.45) is 0 Å². The molecule has 2 atom stereocenters. The highest BCUT2D eigenvalue weighted by molar-refractivity contribution is 6.35. The van der Waals surface area contributed by atoms with Crippen LogP contribution in [0, 0.1) is 5.82 Å². The largest absolute Gasteiger partial charge is 0.489 e. The van der Waals surface area contributed by atoms with Crippen molar-refractivity contribution in [2.45, 2.75) is 43.9 Å². The lowest BCUT2D eigenvalue weighted by molar-refractivity contribution is -0.128. The molecular weight excluding hydrogens is 549 g/mol. The first-order valence-electron chi connectivity index (χ1n) is 14.0. The second-order valence-corrected chi connectivity index (χ2v) is 12.2. The number of fused-ring (bicyclic) bond motifs is 2. The van der Waals surface area contributed by atoms with E-state index in [-0.39, 0.29) is 63.6 Å². The van der Waals surface area contributed by atoms with Crippen molar-refractivity contribution in [3.05, 3.63) is 53.3 Å². The maximum absolute atomic E-state index is 15.1. The highest BCUT2D eigenvalue weighted by Crippen LogP contribution is 2.47. The van der Waals surface area contributed by atoms with Gasteiger partial charge in [-0.05, 0) is 45.5 Å². The Morgan fingerprint density at radius 1 is 1.20 bits per heavy atom. The van der Waals surface area contributed by atoms with E-state index in [0.29, 0.717) is 51.3 Å². The second-order valence-electron chi connectivity index (χ2n) is 11.9. The summed E-state index contributed by atoms with van der Waals surface area (Å²) < 4.78 is 26.9. The van der Waals surface area contributed by atoms with Gasteiger partial charge in [0.15, 0.2) is 5.75 Å². The number of piperazine rings is 1. The number of halogens is 2. The first kappa shape index (κ1) is 27.9. The zero-order valence-corrected chi connectivity index (χ0v) is 24.4. The fourth-order valence-corrected chi connectivity index (χ4v) is 6.71. The standard InChI is InChI=1S/C30H35ClFN5O4/c1-5-23(38)35-10-11-36-19(13-35)17-41-27-24(29(36)39)28(33-26(25(27)31)21-8-6-7-9-22(21)32)37-14-18(12-30(37,2)3)34(4)20-15-40-16-20/h5-9,18-20H,1,10-17H2,2-4H3/t18?,19-/m1/s1. The van der Waals surface area contributed by atoms with Crippen LogP contribution in [-0.2, 0) is 9.53 Å². The molecular formula is C30H35ClFN5O4. The minimum atomic E-state index is -0.466. The maximum atomic E-state index is 15.1. The second kappa shape index (κ2) is 10.6. The molecule has 11 heteroatoms. The highest BCUT2D eigenvalue weighted by atomic mass is 35.5. The lowest BCUT2D eigenvalue weighted by Gasteiger charge is -2.40. The van der Waals surface area contributed by atoms with Crippen LogP contribution < -0.4 is 9.64 Å². The Kier molecular flexibility index (Phi) is 7.20. The van der Waals surface area contributed by atoms with E-state index in [1.165, 1.54) is 12.1 Å². The number of carbonyl (C=O) groups is 2. The normalized spacial score (nSPS) is 24.0. The van der Waals surface area contributed by atoms with Gasteiger partial charge in [0, 0.05) is 43.3 Å². The lowest BCUT2D eigenvalue weighted by Crippen LogP contribution is -2.57. The molecule has 1 aromatic carbocycles. The molecule has 41 heavy (non-hydrogen) atoms. The van der Waals surface area contributed by atoms with Crippen LogP contribution in [0.2, 0.25) is 5.02 Å². The van der Waals surface area contributed by atoms with Crippen molar-refractivity contribution in [2.75, 3.05) is 57.9 Å². The molecule has 4 aliphatic rings. The molecule has 3 saturated heterocycles. The number of ether oxygens (including phenoxy) is 2. The Labute approximate surface area is 244 Å². The third-order valence-corrected chi connectivity index (χ3v) is 9.31. The number of hydrogen-bond donors (Lipinski definition) is 0. The molecule has 6 rings (SSSR count). The molecule has 3 fully saturated rings. The van der Waals surface area contributed by atoms with E-state index in [2.05, 4.69) is 37.3 Å². The zero-order chi connectivity index (χ0) is 29.1. The summed E-state index contributed by atoms with van der Waals surface area (Å²) in [5.74, 6) is -0.267. The Bertz CT molecular complexity index is 1400. The van der Waals surface area contributed by atoms with Crippen LogP contribution >= 0.6 is 11.6 Å². The highest BCUT2D eigenvalue weighted by Gasteiger charge is 2.47. The summed E-state index contributed by atoms with van der Waals surface area (Å²) in [4.78, 5) is 39.6. The third-order valence-electron chi connectivity index (χ3n) is 8.96. The van der Waals surface area contributed by atoms with Crippen LogP contribution in [-0.4, -0.2) is 108 Å². The molecule has 4 aliphatic heterocycles. The molecule has 0 saturated carbocycles. The molecule has 0 N–H and O–H groups in total. The zero-order valence-electron chi connectivity index (χ0n) is 23.6. The van der Waals surface area contributed by atoms with E-state index >= 15 is 4.39 Å². The smallest absolute Gasteiger partial charge is 0.261 e. The van der Waals surface area contributed by atoms with Gasteiger partial charge in [-0.1, -0.05) is 30.3 Å². The summed E-state index contributed by atoms with van der Waals surface area (Å²) in [5, 5.41) is 0.0957. The Balaban J connectivity index is 1.47. The summed E-state index contributed by atoms with van der Waals surface area (Å²) in [6, 6.07) is 6.50. The average molecular weight is 584 g/mol. The summed E-state index contributed by atoms with van der Waals surface area (Å²) >= 11 is 6.92. The first-order valence-corrected chi connectivity index (χ1v) is 14.4. The van der Waals surface area contributed by atoms with Crippen LogP contribution in [0.1, 0.15) is 30.6 Å². The van der Waals surface area contributed by atoms with Gasteiger partial charge in [-0.2, -0.15) is 0 Å². The molecule has 2 aromatic rings. The Morgan fingerprint density at radius 2 is 1.95 bits per heavy atom. The van der Waals surface area contributed by atoms with E-state index in [1.54, 1.807) is 28.0 Å². The minimum Gasteiger partial charge on any atom is -0.489 e. The number of rotatable bonds is 5. The molecule has 218 valence electrons. The summed E-state index contributed by atoms with van der Waals surface area (Å²) in [6.45, 7) is 11.1. The number of nitrogens with zero attached hydrogens (tertiary/aromatic N) is 5. The fraction of sp³-hybridized carbons (Fsp3) is 0.500. The van der Waals surface area contributed by atoms with Gasteiger partial charge in [0.2, 0.25) is 5.91 Å². The van der Waals surface area contributed by atoms with Crippen molar-refractivity contribution in [1.82, 2.24) is 19.7 Å². The van der Waals surface area contributed by atoms with Crippen LogP contribution in [0.3, 0.4) is 0 Å². The quantitative estimate of drug-likeness (QED) is 0.499. The topological polar surface area (TPSA) is 78.5 Å². The van der Waals surface area contributed by atoms with Gasteiger partial charge < -0.3 is 24.2 Å². The third kappa shape index (κ3) is 4.75. The van der Waals surface area contributed by atoms with Crippen molar-refractivity contribution in [3.63, 3.8) is 0 Å². The number of amides is 2. The lowest BCUT2D eigenvalue weighted by atomic mass is 9.98. The van der Waals surface area contributed by atoms with E-state index in [1.807, 2.05) is 0 Å². The number of benzene rings is 1. The van der Waals surface area contributed by atoms with Gasteiger partial charge >= 0.3 is 0 Å². The Morgan fingerprint density at radius 3 is 2.63 bits per heavy atom. The van der Waals surface area contributed by atoms with Gasteiger partial charge in [0.25, 0.3) is 5.91 Å². The van der Waals surface area contributed by atoms with Gasteiger partial charge in [0.05, 0.1) is 31.0 Å². The number of pyridine rings is 1. The molecule has 1 unspecified atom stereocenters. The van der Waals surface area contributed by atoms with Gasteiger partial charge in [0.1, 0.15) is 28.8 Å². The van der Waals surface area contributed by atoms with Crippen molar-refractivity contribution in [3.8, 4) is 17.0 Å². The molecule has 5 heterocycles. The number of carbonyl (C=O) groups excluding carboxylic acids is 2. The number of hydrogen-bond acceptors (Lipinski definition) is 7. The average Bonchev–Trinajstić information content (AvgIpc) is 3.17. The van der Waals surface area contributed by atoms with E-state index < -0.39 is 5.82 Å². The molecule has 1 aromatic heterocycles. The first-order chi connectivity index (χ1) is 19.6. The van der Waals surface area contributed by atoms with E-state index in [0.717, 1.165) is 6.42 Å². The Hall–Kier alpha value is -3.21. The molecule has 0 radical (unpaired) electrons. The van der Waals surface area contributed by atoms with Crippen LogP contribution in [0.25, 0.3) is 11.3 Å². The predicted molar refractivity (Wildman–Crippen MR) is 154 cm³/mol. The molecule has 0 aliphatic carbocycles. The molecule has 9 nitrogen and oxygen atoms in total. The summed E-state index contributed by atoms with van der Waals surface area (Å²) in [5.41, 5.74) is 0.379. The fourth-order valence-electron chi connectivity index (χ4n) is 6.41. The van der Waals surface area contributed by atoms with E-state index in [9.17, 15) is 9.59 Å². The monoisotopic (exact) mass is 583 g/mol. The van der Waals surface area contributed by atoms with Crippen LogP contribution in [0.4, 0.5) is 10.2 Å². The van der Waals surface area contributed by atoms with Crippen molar-refractivity contribution in [1.29, 1.82) is 0 Å². The molecule has 0 bridgehead atoms. The number of likely N-dealkylation sites (N-methyl/N-ethyl adjacent to an activating group) is 1. The summed E-state index contributed by atoms with van der Waals surface area (Å²) in [6.07, 6.45) is 2.12. The SMILES string of the molecule is C=CC(=O)N1CCN2C(=O)c3c(N4CC(N(C)C5COC5)CC4(C)C)nc(-c4ccccc4F)c(Cl)c3OC[C@H]2C1. The summed E-state index contributed by atoms with van der Waals surface area (Å²) in [7, 11) is 2.11. The van der Waals surface area contributed by atoms with E-state index in [4.69, 9.17) is 26.1 Å².